The Hall–Kier alpha value is -2.47. The number of nitro groups is 1. The lowest BCUT2D eigenvalue weighted by Crippen LogP contribution is -2.08. The van der Waals surface area contributed by atoms with Crippen LogP contribution in [-0.4, -0.2) is 4.92 Å². The van der Waals surface area contributed by atoms with Crippen molar-refractivity contribution in [3.63, 3.8) is 0 Å². The predicted molar refractivity (Wildman–Crippen MR) is 76.9 cm³/mol. The fourth-order valence-electron chi connectivity index (χ4n) is 1.93. The van der Waals surface area contributed by atoms with Crippen LogP contribution in [-0.2, 0) is 0 Å². The summed E-state index contributed by atoms with van der Waals surface area (Å²) in [5.41, 5.74) is 6.48. The van der Waals surface area contributed by atoms with E-state index in [9.17, 15) is 14.5 Å². The highest BCUT2D eigenvalue weighted by Crippen LogP contribution is 2.35. The molecule has 0 heterocycles. The molecule has 0 spiro atoms. The summed E-state index contributed by atoms with van der Waals surface area (Å²) in [7, 11) is 0. The van der Waals surface area contributed by atoms with E-state index in [0.29, 0.717) is 16.9 Å². The molecule has 0 bridgehead atoms. The molecule has 2 rings (SSSR count). The molecule has 0 saturated heterocycles. The average Bonchev–Trinajstić information content (AvgIpc) is 2.42. The molecule has 0 radical (unpaired) electrons. The minimum absolute atomic E-state index is 0.0930. The average molecular weight is 290 g/mol. The molecular formula is C15H15FN2O3. The zero-order valence-corrected chi connectivity index (χ0v) is 11.7. The molecule has 0 unspecified atom stereocenters. The van der Waals surface area contributed by atoms with E-state index in [1.54, 1.807) is 26.0 Å². The van der Waals surface area contributed by atoms with Gasteiger partial charge in [0.2, 0.25) is 5.75 Å². The SMILES string of the molecule is Cc1cc(Oc2ccccc2[N+](=O)[O-])c([C@H](C)N)cc1F. The van der Waals surface area contributed by atoms with Crippen LogP contribution < -0.4 is 10.5 Å². The molecule has 0 aliphatic rings. The van der Waals surface area contributed by atoms with Crippen LogP contribution in [0.15, 0.2) is 36.4 Å². The number of hydrogen-bond donors (Lipinski definition) is 1. The van der Waals surface area contributed by atoms with Gasteiger partial charge in [0, 0.05) is 17.7 Å². The number of ether oxygens (including phenoxy) is 1. The van der Waals surface area contributed by atoms with Gasteiger partial charge in [-0.2, -0.15) is 0 Å². The number of aryl methyl sites for hydroxylation is 1. The first-order valence-corrected chi connectivity index (χ1v) is 6.37. The molecule has 2 aromatic carbocycles. The van der Waals surface area contributed by atoms with Crippen molar-refractivity contribution in [1.82, 2.24) is 0 Å². The molecule has 2 N–H and O–H groups in total. The molecule has 110 valence electrons. The molecule has 0 aliphatic heterocycles. The van der Waals surface area contributed by atoms with E-state index in [4.69, 9.17) is 10.5 Å². The second-order valence-corrected chi connectivity index (χ2v) is 4.75. The smallest absolute Gasteiger partial charge is 0.311 e. The summed E-state index contributed by atoms with van der Waals surface area (Å²) in [4.78, 5) is 10.5. The summed E-state index contributed by atoms with van der Waals surface area (Å²) in [5.74, 6) is 0.0193. The highest BCUT2D eigenvalue weighted by Gasteiger charge is 2.18. The Morgan fingerprint density at radius 2 is 1.95 bits per heavy atom. The van der Waals surface area contributed by atoms with Crippen molar-refractivity contribution in [1.29, 1.82) is 0 Å². The van der Waals surface area contributed by atoms with Crippen molar-refractivity contribution >= 4 is 5.69 Å². The van der Waals surface area contributed by atoms with Gasteiger partial charge >= 0.3 is 5.69 Å². The van der Waals surface area contributed by atoms with E-state index >= 15 is 0 Å². The second kappa shape index (κ2) is 5.88. The van der Waals surface area contributed by atoms with E-state index in [2.05, 4.69) is 0 Å². The first-order valence-electron chi connectivity index (χ1n) is 6.37. The number of rotatable bonds is 4. The van der Waals surface area contributed by atoms with Crippen molar-refractivity contribution in [2.45, 2.75) is 19.9 Å². The first kappa shape index (κ1) is 14.9. The molecule has 1 atom stereocenters. The molecule has 0 amide bonds. The quantitative estimate of drug-likeness (QED) is 0.685. The minimum atomic E-state index is -0.530. The number of nitrogens with zero attached hydrogens (tertiary/aromatic N) is 1. The predicted octanol–water partition coefficient (Wildman–Crippen LogP) is 3.85. The maximum atomic E-state index is 13.6. The summed E-state index contributed by atoms with van der Waals surface area (Å²) in [6.07, 6.45) is 0. The maximum Gasteiger partial charge on any atom is 0.311 e. The summed E-state index contributed by atoms with van der Waals surface area (Å²) >= 11 is 0. The lowest BCUT2D eigenvalue weighted by Gasteiger charge is -2.15. The van der Waals surface area contributed by atoms with E-state index < -0.39 is 16.8 Å². The molecule has 6 heteroatoms. The van der Waals surface area contributed by atoms with Gasteiger partial charge in [0.25, 0.3) is 0 Å². The van der Waals surface area contributed by atoms with E-state index in [-0.39, 0.29) is 11.4 Å². The minimum Gasteiger partial charge on any atom is -0.450 e. The van der Waals surface area contributed by atoms with Crippen LogP contribution in [0.3, 0.4) is 0 Å². The van der Waals surface area contributed by atoms with Crippen LogP contribution in [0.2, 0.25) is 0 Å². The molecule has 0 saturated carbocycles. The van der Waals surface area contributed by atoms with Crippen molar-refractivity contribution in [3.05, 3.63) is 63.5 Å². The number of nitro benzene ring substituents is 1. The summed E-state index contributed by atoms with van der Waals surface area (Å²) in [6, 6.07) is 8.34. The fourth-order valence-corrected chi connectivity index (χ4v) is 1.93. The van der Waals surface area contributed by atoms with Crippen molar-refractivity contribution in [2.24, 2.45) is 5.73 Å². The van der Waals surface area contributed by atoms with Gasteiger partial charge in [-0.25, -0.2) is 4.39 Å². The van der Waals surface area contributed by atoms with Crippen LogP contribution in [0.1, 0.15) is 24.1 Å². The highest BCUT2D eigenvalue weighted by atomic mass is 19.1. The standard InChI is InChI=1S/C15H15FN2O3/c1-9-7-15(11(10(2)17)8-12(9)16)21-14-6-4-3-5-13(14)18(19)20/h3-8,10H,17H2,1-2H3/t10-/m0/s1. The van der Waals surface area contributed by atoms with Gasteiger partial charge in [0.15, 0.2) is 0 Å². The van der Waals surface area contributed by atoms with Gasteiger partial charge in [0.1, 0.15) is 11.6 Å². The van der Waals surface area contributed by atoms with E-state index in [1.165, 1.54) is 24.3 Å². The number of hydrogen-bond acceptors (Lipinski definition) is 4. The van der Waals surface area contributed by atoms with Crippen molar-refractivity contribution in [2.75, 3.05) is 0 Å². The summed E-state index contributed by atoms with van der Waals surface area (Å²) in [6.45, 7) is 3.28. The lowest BCUT2D eigenvalue weighted by atomic mass is 10.0. The topological polar surface area (TPSA) is 78.4 Å². The molecule has 0 aliphatic carbocycles. The molecule has 5 nitrogen and oxygen atoms in total. The number of para-hydroxylation sites is 2. The van der Waals surface area contributed by atoms with Crippen LogP contribution >= 0.6 is 0 Å². The monoisotopic (exact) mass is 290 g/mol. The third-order valence-corrected chi connectivity index (χ3v) is 3.06. The molecular weight excluding hydrogens is 275 g/mol. The van der Waals surface area contributed by atoms with Crippen molar-refractivity contribution in [3.8, 4) is 11.5 Å². The zero-order chi connectivity index (χ0) is 15.6. The van der Waals surface area contributed by atoms with Crippen LogP contribution in [0.25, 0.3) is 0 Å². The molecule has 0 fully saturated rings. The molecule has 0 aromatic heterocycles. The van der Waals surface area contributed by atoms with Gasteiger partial charge in [-0.15, -0.1) is 0 Å². The number of nitrogens with two attached hydrogens (primary N) is 1. The Labute approximate surface area is 121 Å². The normalized spacial score (nSPS) is 12.0. The Bertz CT molecular complexity index is 687. The Morgan fingerprint density at radius 1 is 1.29 bits per heavy atom. The highest BCUT2D eigenvalue weighted by molar-refractivity contribution is 5.50. The lowest BCUT2D eigenvalue weighted by molar-refractivity contribution is -0.385. The van der Waals surface area contributed by atoms with Gasteiger partial charge in [-0.05, 0) is 37.6 Å². The van der Waals surface area contributed by atoms with E-state index in [1.807, 2.05) is 0 Å². The largest absolute Gasteiger partial charge is 0.450 e. The molecule has 21 heavy (non-hydrogen) atoms. The second-order valence-electron chi connectivity index (χ2n) is 4.75. The van der Waals surface area contributed by atoms with Crippen LogP contribution in [0.5, 0.6) is 11.5 Å². The summed E-state index contributed by atoms with van der Waals surface area (Å²) < 4.78 is 19.3. The van der Waals surface area contributed by atoms with Crippen LogP contribution in [0.4, 0.5) is 10.1 Å². The third-order valence-electron chi connectivity index (χ3n) is 3.06. The summed E-state index contributed by atoms with van der Waals surface area (Å²) in [5, 5.41) is 11.0. The third kappa shape index (κ3) is 3.17. The Kier molecular flexibility index (Phi) is 4.18. The first-order chi connectivity index (χ1) is 9.90. The van der Waals surface area contributed by atoms with Crippen LogP contribution in [0, 0.1) is 22.9 Å². The molecule has 2 aromatic rings. The van der Waals surface area contributed by atoms with Crippen molar-refractivity contribution < 1.29 is 14.1 Å². The Morgan fingerprint density at radius 3 is 2.57 bits per heavy atom. The maximum absolute atomic E-state index is 13.6. The van der Waals surface area contributed by atoms with Gasteiger partial charge < -0.3 is 10.5 Å². The fraction of sp³-hybridized carbons (Fsp3) is 0.200. The van der Waals surface area contributed by atoms with Gasteiger partial charge in [-0.3, -0.25) is 10.1 Å². The van der Waals surface area contributed by atoms with E-state index in [0.717, 1.165) is 0 Å². The van der Waals surface area contributed by atoms with Gasteiger partial charge in [0.05, 0.1) is 4.92 Å². The Balaban J connectivity index is 2.49. The number of halogens is 1. The zero-order valence-electron chi connectivity index (χ0n) is 11.7. The number of benzene rings is 2. The van der Waals surface area contributed by atoms with Gasteiger partial charge in [-0.1, -0.05) is 12.1 Å².